The van der Waals surface area contributed by atoms with E-state index in [2.05, 4.69) is 0 Å². The number of hydrogen-bond donors (Lipinski definition) is 3. The van der Waals surface area contributed by atoms with E-state index in [1.54, 1.807) is 17.5 Å². The minimum Gasteiger partial charge on any atom is -0.341 e. The molecule has 0 saturated heterocycles. The number of thiophene rings is 1. The van der Waals surface area contributed by atoms with Crippen molar-refractivity contribution in [3.63, 3.8) is 0 Å². The summed E-state index contributed by atoms with van der Waals surface area (Å²) < 4.78 is 22.6. The maximum absolute atomic E-state index is 11.7. The molecule has 86 valence electrons. The molecule has 1 aromatic heterocycles. The van der Waals surface area contributed by atoms with Gasteiger partial charge in [-0.15, -0.1) is 11.3 Å². The minimum absolute atomic E-state index is 0.0515. The Bertz CT molecular complexity index is 396. The van der Waals surface area contributed by atoms with Gasteiger partial charge in [-0.3, -0.25) is 9.13 Å². The second-order valence-electron chi connectivity index (χ2n) is 3.12. The first-order valence-corrected chi connectivity index (χ1v) is 8.74. The van der Waals surface area contributed by atoms with Crippen LogP contribution in [0.4, 0.5) is 0 Å². The molecule has 15 heavy (non-hydrogen) atoms. The zero-order chi connectivity index (χ0) is 11.5. The second-order valence-corrected chi connectivity index (χ2v) is 8.48. The van der Waals surface area contributed by atoms with Crippen molar-refractivity contribution >= 4 is 30.9 Å². The Balaban J connectivity index is 2.52. The van der Waals surface area contributed by atoms with Crippen molar-refractivity contribution in [3.05, 3.63) is 17.5 Å². The summed E-state index contributed by atoms with van der Waals surface area (Å²) in [6.07, 6.45) is -0.377. The fourth-order valence-corrected chi connectivity index (χ4v) is 4.58. The first-order valence-electron chi connectivity index (χ1n) is 4.22. The molecule has 1 unspecified atom stereocenters. The summed E-state index contributed by atoms with van der Waals surface area (Å²) >= 11 is 1.18. The van der Waals surface area contributed by atoms with Crippen LogP contribution in [0.2, 0.25) is 0 Å². The SMILES string of the molecule is O=P(O)(O)CCCP(=O)(O)c1cccs1. The Hall–Kier alpha value is 0.0400. The van der Waals surface area contributed by atoms with Crippen molar-refractivity contribution in [2.45, 2.75) is 6.42 Å². The van der Waals surface area contributed by atoms with E-state index >= 15 is 0 Å². The first-order chi connectivity index (χ1) is 6.81. The Morgan fingerprint density at radius 3 is 2.33 bits per heavy atom. The summed E-state index contributed by atoms with van der Waals surface area (Å²) in [4.78, 5) is 26.8. The average molecular weight is 270 g/mol. The lowest BCUT2D eigenvalue weighted by molar-refractivity contribution is 0.372. The number of rotatable bonds is 5. The van der Waals surface area contributed by atoms with Crippen molar-refractivity contribution in [1.29, 1.82) is 0 Å². The molecule has 1 heterocycles. The van der Waals surface area contributed by atoms with Gasteiger partial charge in [0, 0.05) is 6.16 Å². The standard InChI is InChI=1S/C7H12O5P2S/c8-13(9,7-3-1-6-15-7)4-2-5-14(10,11)12/h1,3,6H,2,4-5H2,(H,8,9)(H2,10,11,12). The average Bonchev–Trinajstić information content (AvgIpc) is 2.52. The molecule has 0 aromatic carbocycles. The van der Waals surface area contributed by atoms with Crippen LogP contribution in [-0.4, -0.2) is 27.0 Å². The molecule has 0 aliphatic carbocycles. The molecular formula is C7H12O5P2S. The summed E-state index contributed by atoms with van der Waals surface area (Å²) in [5, 5.41) is 1.70. The molecule has 0 radical (unpaired) electrons. The summed E-state index contributed by atoms with van der Waals surface area (Å²) in [6, 6.07) is 3.23. The second kappa shape index (κ2) is 4.91. The van der Waals surface area contributed by atoms with Crippen LogP contribution in [0.25, 0.3) is 0 Å². The van der Waals surface area contributed by atoms with Crippen LogP contribution in [0, 0.1) is 0 Å². The third kappa shape index (κ3) is 4.60. The molecule has 1 aromatic rings. The molecule has 1 atom stereocenters. The van der Waals surface area contributed by atoms with Gasteiger partial charge in [-0.05, 0) is 17.9 Å². The zero-order valence-electron chi connectivity index (χ0n) is 7.81. The largest absolute Gasteiger partial charge is 0.341 e. The van der Waals surface area contributed by atoms with Crippen LogP contribution in [0.5, 0.6) is 0 Å². The van der Waals surface area contributed by atoms with E-state index in [-0.39, 0.29) is 18.7 Å². The van der Waals surface area contributed by atoms with Crippen LogP contribution in [-0.2, 0) is 9.13 Å². The normalized spacial score (nSPS) is 16.2. The zero-order valence-corrected chi connectivity index (χ0v) is 10.4. The van der Waals surface area contributed by atoms with Crippen molar-refractivity contribution in [3.8, 4) is 0 Å². The molecule has 0 amide bonds. The van der Waals surface area contributed by atoms with Crippen molar-refractivity contribution < 1.29 is 23.8 Å². The molecule has 0 bridgehead atoms. The lowest BCUT2D eigenvalue weighted by Crippen LogP contribution is -2.04. The van der Waals surface area contributed by atoms with Gasteiger partial charge in [-0.25, -0.2) is 0 Å². The molecular weight excluding hydrogens is 258 g/mol. The van der Waals surface area contributed by atoms with Gasteiger partial charge in [-0.2, -0.15) is 0 Å². The fourth-order valence-electron chi connectivity index (χ4n) is 1.07. The maximum atomic E-state index is 11.7. The van der Waals surface area contributed by atoms with Crippen LogP contribution < -0.4 is 4.62 Å². The van der Waals surface area contributed by atoms with Crippen molar-refractivity contribution in [2.75, 3.05) is 12.3 Å². The summed E-state index contributed by atoms with van der Waals surface area (Å²) in [5.74, 6) is 0. The van der Waals surface area contributed by atoms with E-state index in [0.717, 1.165) is 0 Å². The van der Waals surface area contributed by atoms with Gasteiger partial charge < -0.3 is 14.7 Å². The Labute approximate surface area is 91.4 Å². The van der Waals surface area contributed by atoms with Gasteiger partial charge in [0.15, 0.2) is 0 Å². The summed E-state index contributed by atoms with van der Waals surface area (Å²) in [6.45, 7) is 0. The van der Waals surface area contributed by atoms with E-state index in [4.69, 9.17) is 9.79 Å². The smallest absolute Gasteiger partial charge is 0.325 e. The van der Waals surface area contributed by atoms with Gasteiger partial charge >= 0.3 is 7.60 Å². The van der Waals surface area contributed by atoms with Gasteiger partial charge in [-0.1, -0.05) is 6.07 Å². The van der Waals surface area contributed by atoms with Crippen LogP contribution in [0.15, 0.2) is 17.5 Å². The van der Waals surface area contributed by atoms with E-state index in [1.165, 1.54) is 11.3 Å². The molecule has 5 nitrogen and oxygen atoms in total. The van der Waals surface area contributed by atoms with Crippen LogP contribution >= 0.6 is 26.3 Å². The lowest BCUT2D eigenvalue weighted by Gasteiger charge is -2.09. The van der Waals surface area contributed by atoms with Gasteiger partial charge in [0.2, 0.25) is 7.37 Å². The predicted octanol–water partition coefficient (Wildman–Crippen LogP) is 1.21. The molecule has 0 aliphatic rings. The van der Waals surface area contributed by atoms with E-state index < -0.39 is 15.0 Å². The van der Waals surface area contributed by atoms with Crippen LogP contribution in [0.3, 0.4) is 0 Å². The van der Waals surface area contributed by atoms with Crippen molar-refractivity contribution in [2.24, 2.45) is 0 Å². The molecule has 0 spiro atoms. The summed E-state index contributed by atoms with van der Waals surface area (Å²) in [7, 11) is -7.47. The molecule has 1 rings (SSSR count). The molecule has 0 fully saturated rings. The Kier molecular flexibility index (Phi) is 4.29. The van der Waals surface area contributed by atoms with E-state index in [9.17, 15) is 14.0 Å². The molecule has 0 saturated carbocycles. The Morgan fingerprint density at radius 2 is 1.87 bits per heavy atom. The topological polar surface area (TPSA) is 94.8 Å². The lowest BCUT2D eigenvalue weighted by atomic mass is 10.6. The quantitative estimate of drug-likeness (QED) is 0.699. The van der Waals surface area contributed by atoms with E-state index in [0.29, 0.717) is 4.62 Å². The highest BCUT2D eigenvalue weighted by atomic mass is 32.1. The third-order valence-corrected chi connectivity index (χ3v) is 6.26. The molecule has 8 heteroatoms. The monoisotopic (exact) mass is 270 g/mol. The van der Waals surface area contributed by atoms with E-state index in [1.807, 2.05) is 0 Å². The highest BCUT2D eigenvalue weighted by molar-refractivity contribution is 7.71. The van der Waals surface area contributed by atoms with Gasteiger partial charge in [0.1, 0.15) is 0 Å². The molecule has 3 N–H and O–H groups in total. The Morgan fingerprint density at radius 1 is 1.20 bits per heavy atom. The third-order valence-electron chi connectivity index (χ3n) is 1.76. The first kappa shape index (κ1) is 13.1. The predicted molar refractivity (Wildman–Crippen MR) is 60.2 cm³/mol. The fraction of sp³-hybridized carbons (Fsp3) is 0.429. The van der Waals surface area contributed by atoms with Gasteiger partial charge in [0.25, 0.3) is 0 Å². The summed E-state index contributed by atoms with van der Waals surface area (Å²) in [5.41, 5.74) is 0. The van der Waals surface area contributed by atoms with Crippen LogP contribution in [0.1, 0.15) is 6.42 Å². The minimum atomic E-state index is -4.06. The molecule has 0 aliphatic heterocycles. The maximum Gasteiger partial charge on any atom is 0.325 e. The van der Waals surface area contributed by atoms with Crippen molar-refractivity contribution in [1.82, 2.24) is 0 Å². The highest BCUT2D eigenvalue weighted by Crippen LogP contribution is 2.44. The number of hydrogen-bond acceptors (Lipinski definition) is 3. The van der Waals surface area contributed by atoms with Gasteiger partial charge in [0.05, 0.1) is 10.8 Å². The highest BCUT2D eigenvalue weighted by Gasteiger charge is 2.23.